The highest BCUT2D eigenvalue weighted by molar-refractivity contribution is 5.93. The van der Waals surface area contributed by atoms with Crippen molar-refractivity contribution in [1.29, 1.82) is 0 Å². The highest BCUT2D eigenvalue weighted by atomic mass is 15.1. The van der Waals surface area contributed by atoms with Crippen LogP contribution in [-0.2, 0) is 6.54 Å². The molecule has 2 heterocycles. The zero-order valence-corrected chi connectivity index (χ0v) is 10.4. The third-order valence-electron chi connectivity index (χ3n) is 3.14. The fraction of sp³-hybridized carbons (Fsp3) is 0.200. The molecule has 0 fully saturated rings. The highest BCUT2D eigenvalue weighted by Crippen LogP contribution is 2.26. The van der Waals surface area contributed by atoms with Crippen LogP contribution in [0.1, 0.15) is 13.3 Å². The minimum atomic E-state index is 1.05. The highest BCUT2D eigenvalue weighted by Gasteiger charge is 2.08. The van der Waals surface area contributed by atoms with Crippen LogP contribution >= 0.6 is 0 Å². The Morgan fingerprint density at radius 1 is 1.22 bits per heavy atom. The average molecular weight is 238 g/mol. The molecule has 18 heavy (non-hydrogen) atoms. The van der Waals surface area contributed by atoms with Gasteiger partial charge in [-0.05, 0) is 17.7 Å². The lowest BCUT2D eigenvalue weighted by Crippen LogP contribution is -2.32. The Morgan fingerprint density at radius 2 is 2.17 bits per heavy atom. The van der Waals surface area contributed by atoms with Crippen LogP contribution < -0.4 is 4.57 Å². The van der Waals surface area contributed by atoms with Crippen LogP contribution in [0.5, 0.6) is 0 Å². The largest absolute Gasteiger partial charge is 0.278 e. The SMILES string of the molecule is CCC[n+]1cccc(-c2cccc3[nH]ncc23)c1. The Bertz CT molecular complexity index is 670. The first-order valence-electron chi connectivity index (χ1n) is 6.30. The predicted octanol–water partition coefficient (Wildman–Crippen LogP) is 2.93. The number of nitrogens with zero attached hydrogens (tertiary/aromatic N) is 2. The number of aryl methyl sites for hydroxylation is 1. The van der Waals surface area contributed by atoms with Gasteiger partial charge >= 0.3 is 0 Å². The van der Waals surface area contributed by atoms with E-state index in [4.69, 9.17) is 0 Å². The fourth-order valence-corrected chi connectivity index (χ4v) is 2.30. The topological polar surface area (TPSA) is 32.6 Å². The molecule has 0 spiro atoms. The summed E-state index contributed by atoms with van der Waals surface area (Å²) in [6.07, 6.45) is 7.35. The van der Waals surface area contributed by atoms with Crippen molar-refractivity contribution in [2.75, 3.05) is 0 Å². The smallest absolute Gasteiger partial charge is 0.176 e. The molecule has 1 N–H and O–H groups in total. The molecule has 0 unspecified atom stereocenters. The predicted molar refractivity (Wildman–Crippen MR) is 72.0 cm³/mol. The number of nitrogens with one attached hydrogen (secondary N) is 1. The normalized spacial score (nSPS) is 10.9. The van der Waals surface area contributed by atoms with Crippen LogP contribution in [0, 0.1) is 0 Å². The minimum absolute atomic E-state index is 1.05. The summed E-state index contributed by atoms with van der Waals surface area (Å²) in [5, 5.41) is 8.30. The van der Waals surface area contributed by atoms with Crippen LogP contribution in [0.25, 0.3) is 22.0 Å². The van der Waals surface area contributed by atoms with Crippen LogP contribution in [0.4, 0.5) is 0 Å². The first-order chi connectivity index (χ1) is 8.88. The van der Waals surface area contributed by atoms with E-state index in [1.807, 2.05) is 6.20 Å². The van der Waals surface area contributed by atoms with Crippen molar-refractivity contribution in [2.45, 2.75) is 19.9 Å². The maximum Gasteiger partial charge on any atom is 0.176 e. The van der Waals surface area contributed by atoms with Gasteiger partial charge in [-0.15, -0.1) is 0 Å². The standard InChI is InChI=1S/C15H16N3/c1-2-8-18-9-4-5-12(11-18)13-6-3-7-15-14(13)10-16-17-15/h3-7,9-11H,2,8H2,1H3,(H,16,17)/q+1. The van der Waals surface area contributed by atoms with Gasteiger partial charge in [-0.25, -0.2) is 4.57 Å². The monoisotopic (exact) mass is 238 g/mol. The summed E-state index contributed by atoms with van der Waals surface area (Å²) in [6, 6.07) is 10.5. The van der Waals surface area contributed by atoms with Gasteiger partial charge in [0.05, 0.1) is 11.7 Å². The summed E-state index contributed by atoms with van der Waals surface area (Å²) in [6.45, 7) is 3.24. The molecule has 0 bridgehead atoms. The fourth-order valence-electron chi connectivity index (χ4n) is 2.30. The number of hydrogen-bond donors (Lipinski definition) is 1. The van der Waals surface area contributed by atoms with Gasteiger partial charge in [0.25, 0.3) is 0 Å². The Balaban J connectivity index is 2.13. The quantitative estimate of drug-likeness (QED) is 0.699. The zero-order valence-electron chi connectivity index (χ0n) is 10.4. The lowest BCUT2D eigenvalue weighted by Gasteiger charge is -2.02. The number of benzene rings is 1. The number of hydrogen-bond acceptors (Lipinski definition) is 1. The van der Waals surface area contributed by atoms with Gasteiger partial charge in [-0.2, -0.15) is 5.10 Å². The minimum Gasteiger partial charge on any atom is -0.278 e. The molecule has 0 atom stereocenters. The van der Waals surface area contributed by atoms with Gasteiger partial charge < -0.3 is 0 Å². The molecule has 0 aliphatic rings. The van der Waals surface area contributed by atoms with E-state index in [0.717, 1.165) is 18.5 Å². The second kappa shape index (κ2) is 4.61. The van der Waals surface area contributed by atoms with E-state index in [9.17, 15) is 0 Å². The number of fused-ring (bicyclic) bond motifs is 1. The second-order valence-electron chi connectivity index (χ2n) is 4.47. The third kappa shape index (κ3) is 1.88. The summed E-state index contributed by atoms with van der Waals surface area (Å²) >= 11 is 0. The van der Waals surface area contributed by atoms with Gasteiger partial charge in [0, 0.05) is 23.4 Å². The van der Waals surface area contributed by atoms with Gasteiger partial charge in [0.1, 0.15) is 6.54 Å². The van der Waals surface area contributed by atoms with Crippen molar-refractivity contribution in [2.24, 2.45) is 0 Å². The van der Waals surface area contributed by atoms with E-state index in [1.54, 1.807) is 0 Å². The van der Waals surface area contributed by atoms with Crippen molar-refractivity contribution < 1.29 is 4.57 Å². The molecule has 0 amide bonds. The zero-order chi connectivity index (χ0) is 12.4. The second-order valence-corrected chi connectivity index (χ2v) is 4.47. The van der Waals surface area contributed by atoms with Gasteiger partial charge in [0.2, 0.25) is 0 Å². The van der Waals surface area contributed by atoms with E-state index in [0.29, 0.717) is 0 Å². The van der Waals surface area contributed by atoms with E-state index in [2.05, 4.69) is 64.4 Å². The number of H-pyrrole nitrogens is 1. The number of rotatable bonds is 3. The summed E-state index contributed by atoms with van der Waals surface area (Å²) in [7, 11) is 0. The molecule has 3 nitrogen and oxygen atoms in total. The third-order valence-corrected chi connectivity index (χ3v) is 3.14. The number of pyridine rings is 1. The van der Waals surface area contributed by atoms with Crippen molar-refractivity contribution in [3.8, 4) is 11.1 Å². The van der Waals surface area contributed by atoms with Gasteiger partial charge in [-0.3, -0.25) is 5.10 Å². The Kier molecular flexibility index (Phi) is 2.81. The molecule has 3 aromatic rings. The molecule has 2 aromatic heterocycles. The molecule has 1 aromatic carbocycles. The molecule has 0 radical (unpaired) electrons. The van der Waals surface area contributed by atoms with Crippen molar-refractivity contribution >= 4 is 10.9 Å². The summed E-state index contributed by atoms with van der Waals surface area (Å²) in [5.74, 6) is 0. The Morgan fingerprint density at radius 3 is 3.06 bits per heavy atom. The van der Waals surface area contributed by atoms with Crippen LogP contribution in [0.15, 0.2) is 48.9 Å². The lowest BCUT2D eigenvalue weighted by atomic mass is 10.0. The molecule has 3 heteroatoms. The van der Waals surface area contributed by atoms with Crippen LogP contribution in [-0.4, -0.2) is 10.2 Å². The molecule has 0 aliphatic carbocycles. The molecule has 0 saturated heterocycles. The molecule has 0 aliphatic heterocycles. The van der Waals surface area contributed by atoms with Gasteiger partial charge in [-0.1, -0.05) is 19.1 Å². The molecular formula is C15H16N3+. The number of aromatic amines is 1. The first-order valence-corrected chi connectivity index (χ1v) is 6.30. The lowest BCUT2D eigenvalue weighted by molar-refractivity contribution is -0.696. The van der Waals surface area contributed by atoms with Crippen molar-refractivity contribution in [3.05, 3.63) is 48.9 Å². The van der Waals surface area contributed by atoms with Crippen LogP contribution in [0.3, 0.4) is 0 Å². The maximum atomic E-state index is 4.11. The maximum absolute atomic E-state index is 4.11. The molecular weight excluding hydrogens is 222 g/mol. The summed E-state index contributed by atoms with van der Waals surface area (Å²) in [5.41, 5.74) is 3.54. The van der Waals surface area contributed by atoms with E-state index >= 15 is 0 Å². The van der Waals surface area contributed by atoms with Gasteiger partial charge in [0.15, 0.2) is 12.4 Å². The molecule has 90 valence electrons. The number of aromatic nitrogens is 3. The molecule has 0 saturated carbocycles. The van der Waals surface area contributed by atoms with Crippen molar-refractivity contribution in [1.82, 2.24) is 10.2 Å². The molecule has 3 rings (SSSR count). The Hall–Kier alpha value is -2.16. The summed E-state index contributed by atoms with van der Waals surface area (Å²) in [4.78, 5) is 0. The summed E-state index contributed by atoms with van der Waals surface area (Å²) < 4.78 is 2.23. The van der Waals surface area contributed by atoms with Crippen LogP contribution in [0.2, 0.25) is 0 Å². The first kappa shape index (κ1) is 11.0. The Labute approximate surface area is 106 Å². The van der Waals surface area contributed by atoms with Crippen molar-refractivity contribution in [3.63, 3.8) is 0 Å². The average Bonchev–Trinajstić information content (AvgIpc) is 2.87. The van der Waals surface area contributed by atoms with E-state index in [1.165, 1.54) is 16.5 Å². The van der Waals surface area contributed by atoms with E-state index in [-0.39, 0.29) is 0 Å². The van der Waals surface area contributed by atoms with E-state index < -0.39 is 0 Å².